The minimum absolute atomic E-state index is 0.265. The molecule has 4 aromatic rings. The summed E-state index contributed by atoms with van der Waals surface area (Å²) in [6.07, 6.45) is 3.25. The van der Waals surface area contributed by atoms with Crippen LogP contribution in [0.4, 0.5) is 45.5 Å². The van der Waals surface area contributed by atoms with E-state index in [9.17, 15) is 80.9 Å². The lowest BCUT2D eigenvalue weighted by molar-refractivity contribution is -0.395. The van der Waals surface area contributed by atoms with E-state index in [2.05, 4.69) is 0 Å². The molecule has 0 spiro atoms. The van der Waals surface area contributed by atoms with Crippen molar-refractivity contribution in [1.82, 2.24) is 0 Å². The van der Waals surface area contributed by atoms with E-state index < -0.39 is 113 Å². The molecule has 0 aliphatic heterocycles. The Kier molecular flexibility index (Phi) is 7.90. The fraction of sp³-hybridized carbons (Fsp3) is 0.0345. The Labute approximate surface area is 288 Å². The van der Waals surface area contributed by atoms with Gasteiger partial charge in [-0.2, -0.15) is 0 Å². The van der Waals surface area contributed by atoms with E-state index >= 15 is 0 Å². The molecule has 0 radical (unpaired) electrons. The van der Waals surface area contributed by atoms with Gasteiger partial charge in [-0.1, -0.05) is 18.2 Å². The summed E-state index contributed by atoms with van der Waals surface area (Å²) in [7, 11) is 0. The fourth-order valence-electron chi connectivity index (χ4n) is 6.44. The van der Waals surface area contributed by atoms with Gasteiger partial charge in [0.15, 0.2) is 0 Å². The SMILES string of the molecule is O=[N+]([O-])c1cc2c(c([N+](=O)[O-])c1)-c1c(cc([N+](=O)[O-])cc1[N+](=O)[O-])C2=C/C=C/C1c2cc([N+](=O)[O-])cc([N+](=O)[O-])c2-c2c1cc([N+](=O)[O-])cc2[N+](=O)[O-]. The first-order chi connectivity index (χ1) is 24.9. The Morgan fingerprint density at radius 3 is 1.00 bits per heavy atom. The molecule has 24 heteroatoms. The number of nitrogens with zero attached hydrogens (tertiary/aromatic N) is 8. The molecule has 0 bridgehead atoms. The maximum atomic E-state index is 12.1. The Balaban J connectivity index is 1.68. The summed E-state index contributed by atoms with van der Waals surface area (Å²) in [5.74, 6) is -1.44. The van der Waals surface area contributed by atoms with Crippen molar-refractivity contribution in [1.29, 1.82) is 0 Å². The zero-order valence-corrected chi connectivity index (χ0v) is 25.5. The zero-order valence-electron chi connectivity index (χ0n) is 25.5. The van der Waals surface area contributed by atoms with Gasteiger partial charge in [0.25, 0.3) is 45.5 Å². The largest absolute Gasteiger partial charge is 0.284 e. The van der Waals surface area contributed by atoms with E-state index in [4.69, 9.17) is 0 Å². The van der Waals surface area contributed by atoms with Crippen LogP contribution in [0.25, 0.3) is 27.8 Å². The first-order valence-corrected chi connectivity index (χ1v) is 14.2. The molecule has 4 aromatic carbocycles. The van der Waals surface area contributed by atoms with E-state index in [-0.39, 0.29) is 27.8 Å². The van der Waals surface area contributed by atoms with Gasteiger partial charge in [0.1, 0.15) is 0 Å². The molecule has 0 saturated heterocycles. The van der Waals surface area contributed by atoms with Crippen LogP contribution < -0.4 is 0 Å². The third-order valence-electron chi connectivity index (χ3n) is 8.42. The summed E-state index contributed by atoms with van der Waals surface area (Å²) in [6.45, 7) is 0. The molecule has 2 aliphatic rings. The Hall–Kier alpha value is -8.44. The lowest BCUT2D eigenvalue weighted by Gasteiger charge is -2.08. The van der Waals surface area contributed by atoms with Gasteiger partial charge in [-0.05, 0) is 16.7 Å². The highest BCUT2D eigenvalue weighted by Gasteiger charge is 2.43. The van der Waals surface area contributed by atoms with Gasteiger partial charge in [-0.15, -0.1) is 0 Å². The van der Waals surface area contributed by atoms with Crippen molar-refractivity contribution < 1.29 is 39.4 Å². The van der Waals surface area contributed by atoms with Crippen molar-refractivity contribution in [2.24, 2.45) is 0 Å². The molecule has 0 atom stereocenters. The standard InChI is InChI=1S/C29H12N8O16/c38-30(39)12-4-18-16(19-5-13(31(40)41)9-23(35(48)49)27(19)26(18)22(8-12)34(46)47)2-1-3-17-20-6-14(32(42)43)10-24(36(50)51)28(20)29-21(17)7-15(33(44)45)11-25(29)37(52)53/h1-11,16H/b2-1+. The van der Waals surface area contributed by atoms with E-state index in [1.807, 2.05) is 0 Å². The lowest BCUT2D eigenvalue weighted by Crippen LogP contribution is -1.99. The third kappa shape index (κ3) is 5.44. The molecule has 24 nitrogen and oxygen atoms in total. The van der Waals surface area contributed by atoms with Gasteiger partial charge in [0, 0.05) is 41.3 Å². The number of rotatable bonds is 10. The van der Waals surface area contributed by atoms with E-state index in [1.165, 1.54) is 0 Å². The Morgan fingerprint density at radius 1 is 0.396 bits per heavy atom. The number of allylic oxidation sites excluding steroid dienone is 3. The van der Waals surface area contributed by atoms with Crippen molar-refractivity contribution >= 4 is 51.1 Å². The molecule has 0 saturated carbocycles. The van der Waals surface area contributed by atoms with Crippen LogP contribution in [0.3, 0.4) is 0 Å². The minimum Gasteiger partial charge on any atom is -0.258 e. The van der Waals surface area contributed by atoms with Crippen LogP contribution in [0.2, 0.25) is 0 Å². The quantitative estimate of drug-likeness (QED) is 0.106. The van der Waals surface area contributed by atoms with E-state index in [0.717, 1.165) is 42.5 Å². The highest BCUT2D eigenvalue weighted by Crippen LogP contribution is 2.57. The maximum absolute atomic E-state index is 12.1. The average Bonchev–Trinajstić information content (AvgIpc) is 3.58. The van der Waals surface area contributed by atoms with Crippen LogP contribution in [-0.2, 0) is 0 Å². The number of non-ortho nitro benzene ring substituents is 4. The summed E-state index contributed by atoms with van der Waals surface area (Å²) in [4.78, 5) is 87.4. The summed E-state index contributed by atoms with van der Waals surface area (Å²) in [5.41, 5.74) is -10.6. The highest BCUT2D eigenvalue weighted by molar-refractivity contribution is 6.08. The van der Waals surface area contributed by atoms with E-state index in [0.29, 0.717) is 24.3 Å². The predicted molar refractivity (Wildman–Crippen MR) is 175 cm³/mol. The van der Waals surface area contributed by atoms with Crippen LogP contribution in [0.5, 0.6) is 0 Å². The van der Waals surface area contributed by atoms with Crippen molar-refractivity contribution in [3.05, 3.63) is 170 Å². The second-order valence-electron chi connectivity index (χ2n) is 11.1. The van der Waals surface area contributed by atoms with Gasteiger partial charge < -0.3 is 0 Å². The monoisotopic (exact) mass is 728 g/mol. The molecule has 2 aliphatic carbocycles. The molecule has 0 fully saturated rings. The van der Waals surface area contributed by atoms with Crippen LogP contribution in [0.15, 0.2) is 66.8 Å². The van der Waals surface area contributed by atoms with Gasteiger partial charge in [0.05, 0.1) is 85.9 Å². The number of hydrogen-bond donors (Lipinski definition) is 0. The van der Waals surface area contributed by atoms with Gasteiger partial charge in [-0.25, -0.2) is 0 Å². The number of benzene rings is 4. The lowest BCUT2D eigenvalue weighted by atomic mass is 9.94. The van der Waals surface area contributed by atoms with E-state index in [1.54, 1.807) is 0 Å². The summed E-state index contributed by atoms with van der Waals surface area (Å²) in [5, 5.41) is 95.5. The molecule has 264 valence electrons. The number of hydrogen-bond acceptors (Lipinski definition) is 16. The first-order valence-electron chi connectivity index (χ1n) is 14.2. The topological polar surface area (TPSA) is 345 Å². The number of nitro benzene ring substituents is 8. The van der Waals surface area contributed by atoms with Crippen molar-refractivity contribution in [2.75, 3.05) is 0 Å². The normalized spacial score (nSPS) is 12.4. The summed E-state index contributed by atoms with van der Waals surface area (Å²) >= 11 is 0. The van der Waals surface area contributed by atoms with Gasteiger partial charge >= 0.3 is 0 Å². The average molecular weight is 728 g/mol. The third-order valence-corrected chi connectivity index (χ3v) is 8.42. The first kappa shape index (κ1) is 34.4. The Morgan fingerprint density at radius 2 is 0.698 bits per heavy atom. The number of fused-ring (bicyclic) bond motifs is 6. The van der Waals surface area contributed by atoms with Crippen LogP contribution >= 0.6 is 0 Å². The van der Waals surface area contributed by atoms with Gasteiger partial charge in [-0.3, -0.25) is 80.9 Å². The van der Waals surface area contributed by atoms with Crippen LogP contribution in [0.1, 0.15) is 28.2 Å². The minimum atomic E-state index is -1.44. The fourth-order valence-corrected chi connectivity index (χ4v) is 6.44. The van der Waals surface area contributed by atoms with Crippen molar-refractivity contribution in [3.8, 4) is 22.3 Å². The summed E-state index contributed by atoms with van der Waals surface area (Å²) in [6, 6.07) is 5.56. The molecule has 0 unspecified atom stereocenters. The molecule has 0 heterocycles. The predicted octanol–water partition coefficient (Wildman–Crippen LogP) is 6.73. The second-order valence-corrected chi connectivity index (χ2v) is 11.1. The molecular weight excluding hydrogens is 716 g/mol. The van der Waals surface area contributed by atoms with Crippen molar-refractivity contribution in [3.63, 3.8) is 0 Å². The number of nitro groups is 8. The smallest absolute Gasteiger partial charge is 0.258 e. The molecular formula is C29H12N8O16. The maximum Gasteiger partial charge on any atom is 0.284 e. The second kappa shape index (κ2) is 12.2. The summed E-state index contributed by atoms with van der Waals surface area (Å²) < 4.78 is 0. The molecule has 0 N–H and O–H groups in total. The van der Waals surface area contributed by atoms with Crippen LogP contribution in [-0.4, -0.2) is 39.4 Å². The Bertz CT molecular complexity index is 2400. The van der Waals surface area contributed by atoms with Crippen LogP contribution in [0, 0.1) is 80.9 Å². The highest BCUT2D eigenvalue weighted by atomic mass is 16.7. The van der Waals surface area contributed by atoms with Crippen molar-refractivity contribution in [2.45, 2.75) is 5.92 Å². The zero-order chi connectivity index (χ0) is 38.8. The van der Waals surface area contributed by atoms with Gasteiger partial charge in [0.2, 0.25) is 0 Å². The molecule has 0 aromatic heterocycles. The molecule has 0 amide bonds. The molecule has 6 rings (SSSR count). The molecule has 53 heavy (non-hydrogen) atoms.